The zero-order valence-electron chi connectivity index (χ0n) is 22.5. The highest BCUT2D eigenvalue weighted by Crippen LogP contribution is 2.35. The van der Waals surface area contributed by atoms with Gasteiger partial charge in [-0.25, -0.2) is 4.79 Å². The number of phenols is 1. The molecule has 0 bridgehead atoms. The summed E-state index contributed by atoms with van der Waals surface area (Å²) >= 11 is 0. The predicted molar refractivity (Wildman–Crippen MR) is 144 cm³/mol. The van der Waals surface area contributed by atoms with Crippen LogP contribution in [0.1, 0.15) is 50.5 Å². The summed E-state index contributed by atoms with van der Waals surface area (Å²) < 4.78 is 23.4. The van der Waals surface area contributed by atoms with Crippen LogP contribution in [0, 0.1) is 0 Å². The van der Waals surface area contributed by atoms with Gasteiger partial charge in [0.05, 0.1) is 25.9 Å². The van der Waals surface area contributed by atoms with Gasteiger partial charge in [-0.1, -0.05) is 48.5 Å². The molecule has 1 aliphatic heterocycles. The number of hydrogen-bond acceptors (Lipinski definition) is 8. The van der Waals surface area contributed by atoms with Crippen LogP contribution in [0.4, 0.5) is 4.79 Å². The molecule has 1 aliphatic rings. The molecule has 204 valence electrons. The quantitative estimate of drug-likeness (QED) is 0.209. The standard InChI is InChI=1S/C30H37NO7/c1-30(2,3)37-29(33)38-31-16-15-26(22-11-13-25(32)14-12-22)27(20-31)36-28(35-18-17-34-4)24-10-9-21-7-5-6-8-23(21)19-24/h5-14,19,26-28,32H,15-18,20H2,1-4H3. The topological polar surface area (TPSA) is 86.7 Å². The lowest BCUT2D eigenvalue weighted by atomic mass is 9.87. The van der Waals surface area contributed by atoms with Crippen LogP contribution in [0.3, 0.4) is 0 Å². The Kier molecular flexibility index (Phi) is 9.22. The van der Waals surface area contributed by atoms with Crippen LogP contribution < -0.4 is 0 Å². The zero-order valence-corrected chi connectivity index (χ0v) is 22.5. The summed E-state index contributed by atoms with van der Waals surface area (Å²) in [6.07, 6.45) is -1.13. The van der Waals surface area contributed by atoms with E-state index in [4.69, 9.17) is 23.8 Å². The molecular weight excluding hydrogens is 486 g/mol. The lowest BCUT2D eigenvalue weighted by Crippen LogP contribution is -2.46. The maximum Gasteiger partial charge on any atom is 0.528 e. The number of fused-ring (bicyclic) bond motifs is 1. The monoisotopic (exact) mass is 523 g/mol. The Morgan fingerprint density at radius 3 is 2.47 bits per heavy atom. The molecular formula is C30H37NO7. The van der Waals surface area contributed by atoms with Crippen molar-refractivity contribution < 1.29 is 33.7 Å². The first-order valence-corrected chi connectivity index (χ1v) is 12.9. The third-order valence-electron chi connectivity index (χ3n) is 6.34. The fourth-order valence-electron chi connectivity index (χ4n) is 4.55. The molecule has 1 N–H and O–H groups in total. The first kappa shape index (κ1) is 27.9. The van der Waals surface area contributed by atoms with Gasteiger partial charge in [0.2, 0.25) is 0 Å². The molecule has 0 aliphatic carbocycles. The van der Waals surface area contributed by atoms with E-state index >= 15 is 0 Å². The minimum Gasteiger partial charge on any atom is -0.508 e. The van der Waals surface area contributed by atoms with Gasteiger partial charge in [-0.05, 0) is 61.7 Å². The summed E-state index contributed by atoms with van der Waals surface area (Å²) in [4.78, 5) is 17.9. The minimum atomic E-state index is -0.748. The molecule has 1 heterocycles. The number of piperidine rings is 1. The van der Waals surface area contributed by atoms with Crippen molar-refractivity contribution in [3.63, 3.8) is 0 Å². The molecule has 0 amide bonds. The van der Waals surface area contributed by atoms with Gasteiger partial charge in [0.1, 0.15) is 11.4 Å². The number of hydrogen-bond donors (Lipinski definition) is 1. The number of rotatable bonds is 9. The molecule has 0 spiro atoms. The number of nitrogens with zero attached hydrogens (tertiary/aromatic N) is 1. The van der Waals surface area contributed by atoms with Crippen molar-refractivity contribution in [3.8, 4) is 5.75 Å². The van der Waals surface area contributed by atoms with Gasteiger partial charge in [0, 0.05) is 25.1 Å². The van der Waals surface area contributed by atoms with Crippen molar-refractivity contribution in [2.45, 2.75) is 51.1 Å². The van der Waals surface area contributed by atoms with Gasteiger partial charge < -0.3 is 28.9 Å². The average Bonchev–Trinajstić information content (AvgIpc) is 2.87. The van der Waals surface area contributed by atoms with E-state index in [2.05, 4.69) is 24.3 Å². The molecule has 8 heteroatoms. The lowest BCUT2D eigenvalue weighted by Gasteiger charge is -2.39. The highest BCUT2D eigenvalue weighted by molar-refractivity contribution is 5.83. The highest BCUT2D eigenvalue weighted by Gasteiger charge is 2.36. The largest absolute Gasteiger partial charge is 0.528 e. The Labute approximate surface area is 224 Å². The Balaban J connectivity index is 1.59. The van der Waals surface area contributed by atoms with Crippen molar-refractivity contribution in [1.82, 2.24) is 5.06 Å². The third kappa shape index (κ3) is 7.68. The van der Waals surface area contributed by atoms with Crippen LogP contribution in [-0.4, -0.2) is 61.4 Å². The maximum atomic E-state index is 12.4. The van der Waals surface area contributed by atoms with Crippen LogP contribution in [0.25, 0.3) is 10.8 Å². The SMILES string of the molecule is COCCOC(OC1CN(OC(=O)OC(C)(C)C)CCC1c1ccc(O)cc1)c1ccc2ccccc2c1. The van der Waals surface area contributed by atoms with E-state index in [0.717, 1.165) is 21.9 Å². The van der Waals surface area contributed by atoms with Crippen LogP contribution in [0.2, 0.25) is 0 Å². The van der Waals surface area contributed by atoms with E-state index in [0.29, 0.717) is 32.7 Å². The third-order valence-corrected chi connectivity index (χ3v) is 6.34. The van der Waals surface area contributed by atoms with Crippen LogP contribution >= 0.6 is 0 Å². The Morgan fingerprint density at radius 1 is 1.03 bits per heavy atom. The average molecular weight is 524 g/mol. The molecule has 4 rings (SSSR count). The molecule has 38 heavy (non-hydrogen) atoms. The molecule has 0 saturated carbocycles. The first-order chi connectivity index (χ1) is 18.2. The van der Waals surface area contributed by atoms with E-state index in [-0.39, 0.29) is 17.8 Å². The number of aromatic hydroxyl groups is 1. The fourth-order valence-corrected chi connectivity index (χ4v) is 4.55. The van der Waals surface area contributed by atoms with Crippen LogP contribution in [-0.2, 0) is 23.8 Å². The van der Waals surface area contributed by atoms with E-state index in [9.17, 15) is 9.90 Å². The molecule has 0 aromatic heterocycles. The predicted octanol–water partition coefficient (Wildman–Crippen LogP) is 5.95. The van der Waals surface area contributed by atoms with Crippen molar-refractivity contribution in [1.29, 1.82) is 0 Å². The maximum absolute atomic E-state index is 12.4. The molecule has 3 aromatic rings. The Morgan fingerprint density at radius 2 is 1.76 bits per heavy atom. The normalized spacial score (nSPS) is 19.3. The fraction of sp³-hybridized carbons (Fsp3) is 0.433. The van der Waals surface area contributed by atoms with Crippen LogP contribution in [0.5, 0.6) is 5.75 Å². The summed E-state index contributed by atoms with van der Waals surface area (Å²) in [5.41, 5.74) is 1.25. The summed E-state index contributed by atoms with van der Waals surface area (Å²) in [5.74, 6) is 0.192. The highest BCUT2D eigenvalue weighted by atomic mass is 16.8. The second-order valence-corrected chi connectivity index (χ2v) is 10.4. The first-order valence-electron chi connectivity index (χ1n) is 12.9. The summed E-state index contributed by atoms with van der Waals surface area (Å²) in [7, 11) is 1.63. The minimum absolute atomic E-state index is 0.0110. The van der Waals surface area contributed by atoms with E-state index in [1.54, 1.807) is 45.1 Å². The van der Waals surface area contributed by atoms with E-state index in [1.165, 1.54) is 0 Å². The molecule has 8 nitrogen and oxygen atoms in total. The van der Waals surface area contributed by atoms with Crippen molar-refractivity contribution >= 4 is 16.9 Å². The molecule has 3 atom stereocenters. The Bertz CT molecular complexity index is 1190. The van der Waals surface area contributed by atoms with Crippen molar-refractivity contribution in [2.75, 3.05) is 33.4 Å². The van der Waals surface area contributed by atoms with Gasteiger partial charge in [0.25, 0.3) is 0 Å². The number of hydroxylamine groups is 2. The molecule has 1 saturated heterocycles. The van der Waals surface area contributed by atoms with Crippen LogP contribution in [0.15, 0.2) is 66.7 Å². The number of carbonyl (C=O) groups excluding carboxylic acids is 1. The van der Waals surface area contributed by atoms with Gasteiger partial charge in [-0.15, -0.1) is 5.06 Å². The van der Waals surface area contributed by atoms with Gasteiger partial charge in [0.15, 0.2) is 6.29 Å². The van der Waals surface area contributed by atoms with E-state index < -0.39 is 18.0 Å². The number of benzene rings is 3. The summed E-state index contributed by atoms with van der Waals surface area (Å²) in [6.45, 7) is 6.99. The second kappa shape index (κ2) is 12.6. The number of ether oxygens (including phenoxy) is 4. The second-order valence-electron chi connectivity index (χ2n) is 10.4. The zero-order chi connectivity index (χ0) is 27.1. The van der Waals surface area contributed by atoms with Gasteiger partial charge in [-0.3, -0.25) is 0 Å². The summed E-state index contributed by atoms with van der Waals surface area (Å²) in [6, 6.07) is 21.4. The molecule has 3 aromatic carbocycles. The number of methoxy groups -OCH3 is 1. The smallest absolute Gasteiger partial charge is 0.508 e. The lowest BCUT2D eigenvalue weighted by molar-refractivity contribution is -0.226. The Hall–Kier alpha value is -3.17. The number of carbonyl (C=O) groups is 1. The molecule has 0 radical (unpaired) electrons. The number of phenolic OH excluding ortho intramolecular Hbond substituents is 1. The van der Waals surface area contributed by atoms with Crippen molar-refractivity contribution in [2.24, 2.45) is 0 Å². The molecule has 3 unspecified atom stereocenters. The van der Waals surface area contributed by atoms with Gasteiger partial charge in [-0.2, -0.15) is 0 Å². The van der Waals surface area contributed by atoms with Gasteiger partial charge >= 0.3 is 6.16 Å². The molecule has 1 fully saturated rings. The summed E-state index contributed by atoms with van der Waals surface area (Å²) in [5, 5.41) is 13.6. The van der Waals surface area contributed by atoms with Crippen molar-refractivity contribution in [3.05, 3.63) is 77.9 Å². The van der Waals surface area contributed by atoms with E-state index in [1.807, 2.05) is 30.3 Å².